The number of halogens is 1. The highest BCUT2D eigenvalue weighted by atomic mass is 19.1. The fraction of sp³-hybridized carbons (Fsp3) is 0.200. The SMILES string of the molecule is Oc1cc(F)cc(-c2nccc3[nH]c(-c4n[nH]c5ccc(-c6cncc(CN7CCCCC7)c6)nc45)cc23)c1. The molecule has 1 fully saturated rings. The van der Waals surface area contributed by atoms with Crippen LogP contribution in [0.1, 0.15) is 24.8 Å². The zero-order chi connectivity index (χ0) is 26.3. The second-order valence-corrected chi connectivity index (χ2v) is 10.1. The fourth-order valence-corrected chi connectivity index (χ4v) is 5.46. The van der Waals surface area contributed by atoms with Gasteiger partial charge in [-0.1, -0.05) is 6.42 Å². The highest BCUT2D eigenvalue weighted by Crippen LogP contribution is 2.34. The number of nitrogens with zero attached hydrogens (tertiary/aromatic N) is 5. The number of hydrogen-bond donors (Lipinski definition) is 3. The molecule has 0 saturated carbocycles. The molecule has 7 rings (SSSR count). The number of likely N-dealkylation sites (tertiary alicyclic amines) is 1. The van der Waals surface area contributed by atoms with E-state index in [4.69, 9.17) is 4.98 Å². The van der Waals surface area contributed by atoms with Crippen molar-refractivity contribution in [2.75, 3.05) is 13.1 Å². The molecule has 0 radical (unpaired) electrons. The van der Waals surface area contributed by atoms with Gasteiger partial charge in [-0.05, 0) is 74.0 Å². The Balaban J connectivity index is 1.26. The third-order valence-electron chi connectivity index (χ3n) is 7.31. The number of benzene rings is 1. The van der Waals surface area contributed by atoms with Gasteiger partial charge in [0.1, 0.15) is 22.8 Å². The van der Waals surface area contributed by atoms with Gasteiger partial charge < -0.3 is 10.1 Å². The third-order valence-corrected chi connectivity index (χ3v) is 7.31. The molecule has 0 atom stereocenters. The molecule has 1 aromatic carbocycles. The standard InChI is InChI=1S/C30H26FN7O/c31-21-11-19(12-22(39)13-21)28-23-14-27(34-25(23)6-7-33-28)30-29-26(36-37-30)5-4-24(35-29)20-10-18(15-32-16-20)17-38-8-2-1-3-9-38/h4-7,10-16,34,39H,1-3,8-9,17H2,(H,36,37). The monoisotopic (exact) mass is 519 g/mol. The summed E-state index contributed by atoms with van der Waals surface area (Å²) < 4.78 is 14.0. The number of phenols is 1. The van der Waals surface area contributed by atoms with Gasteiger partial charge in [-0.3, -0.25) is 20.0 Å². The Kier molecular flexibility index (Phi) is 5.78. The van der Waals surface area contributed by atoms with E-state index >= 15 is 0 Å². The summed E-state index contributed by atoms with van der Waals surface area (Å²) in [5, 5.41) is 18.3. The summed E-state index contributed by atoms with van der Waals surface area (Å²) >= 11 is 0. The van der Waals surface area contributed by atoms with Gasteiger partial charge in [0.25, 0.3) is 0 Å². The van der Waals surface area contributed by atoms with Gasteiger partial charge in [0.2, 0.25) is 0 Å². The molecule has 0 bridgehead atoms. The lowest BCUT2D eigenvalue weighted by atomic mass is 10.1. The number of piperidine rings is 1. The van der Waals surface area contributed by atoms with Crippen molar-refractivity contribution in [1.82, 2.24) is 35.0 Å². The average Bonchev–Trinajstić information content (AvgIpc) is 3.57. The zero-order valence-electron chi connectivity index (χ0n) is 21.2. The smallest absolute Gasteiger partial charge is 0.135 e. The molecule has 6 heterocycles. The summed E-state index contributed by atoms with van der Waals surface area (Å²) in [5.41, 5.74) is 7.84. The number of fused-ring (bicyclic) bond motifs is 2. The molecule has 1 aliphatic rings. The predicted molar refractivity (Wildman–Crippen MR) is 148 cm³/mol. The molecule has 39 heavy (non-hydrogen) atoms. The molecule has 5 aromatic heterocycles. The van der Waals surface area contributed by atoms with Crippen LogP contribution in [-0.4, -0.2) is 53.2 Å². The van der Waals surface area contributed by atoms with E-state index in [1.54, 1.807) is 6.20 Å². The maximum Gasteiger partial charge on any atom is 0.135 e. The van der Waals surface area contributed by atoms with Crippen LogP contribution in [-0.2, 0) is 6.54 Å². The molecule has 0 unspecified atom stereocenters. The molecule has 6 aromatic rings. The molecule has 0 spiro atoms. The minimum Gasteiger partial charge on any atom is -0.508 e. The second-order valence-electron chi connectivity index (χ2n) is 10.1. The van der Waals surface area contributed by atoms with Crippen LogP contribution in [0.15, 0.2) is 67.1 Å². The van der Waals surface area contributed by atoms with Crippen molar-refractivity contribution in [3.05, 3.63) is 78.5 Å². The minimum absolute atomic E-state index is 0.149. The van der Waals surface area contributed by atoms with Crippen molar-refractivity contribution >= 4 is 21.9 Å². The Morgan fingerprint density at radius 1 is 0.897 bits per heavy atom. The van der Waals surface area contributed by atoms with Crippen LogP contribution in [0, 0.1) is 5.82 Å². The molecule has 194 valence electrons. The van der Waals surface area contributed by atoms with Crippen molar-refractivity contribution < 1.29 is 9.50 Å². The van der Waals surface area contributed by atoms with E-state index in [9.17, 15) is 9.50 Å². The van der Waals surface area contributed by atoms with Crippen molar-refractivity contribution in [2.45, 2.75) is 25.8 Å². The summed E-state index contributed by atoms with van der Waals surface area (Å²) in [5.74, 6) is -0.673. The zero-order valence-corrected chi connectivity index (χ0v) is 21.2. The van der Waals surface area contributed by atoms with E-state index in [1.165, 1.54) is 37.0 Å². The summed E-state index contributed by atoms with van der Waals surface area (Å²) in [6, 6.07) is 13.9. The van der Waals surface area contributed by atoms with Gasteiger partial charge in [-0.15, -0.1) is 0 Å². The summed E-state index contributed by atoms with van der Waals surface area (Å²) in [4.78, 5) is 19.8. The van der Waals surface area contributed by atoms with E-state index in [0.29, 0.717) is 17.0 Å². The maximum atomic E-state index is 14.0. The molecule has 1 aliphatic heterocycles. The number of nitrogens with one attached hydrogen (secondary N) is 2. The van der Waals surface area contributed by atoms with E-state index in [2.05, 4.69) is 36.1 Å². The normalized spacial score (nSPS) is 14.4. The van der Waals surface area contributed by atoms with E-state index in [-0.39, 0.29) is 5.75 Å². The van der Waals surface area contributed by atoms with Crippen LogP contribution in [0.5, 0.6) is 5.75 Å². The first kappa shape index (κ1) is 23.5. The Bertz CT molecular complexity index is 1800. The molecular weight excluding hydrogens is 493 g/mol. The topological polar surface area (TPSA) is 107 Å². The highest BCUT2D eigenvalue weighted by Gasteiger charge is 2.17. The van der Waals surface area contributed by atoms with Crippen LogP contribution in [0.3, 0.4) is 0 Å². The maximum absolute atomic E-state index is 14.0. The van der Waals surface area contributed by atoms with E-state index in [1.807, 2.05) is 36.7 Å². The molecule has 8 nitrogen and oxygen atoms in total. The Labute approximate surface area is 223 Å². The van der Waals surface area contributed by atoms with Crippen LogP contribution in [0.2, 0.25) is 0 Å². The van der Waals surface area contributed by atoms with Crippen molar-refractivity contribution in [3.8, 4) is 39.7 Å². The first-order chi connectivity index (χ1) is 19.1. The Hall–Kier alpha value is -4.63. The van der Waals surface area contributed by atoms with Gasteiger partial charge in [0, 0.05) is 53.2 Å². The molecule has 9 heteroatoms. The van der Waals surface area contributed by atoms with Crippen molar-refractivity contribution in [3.63, 3.8) is 0 Å². The number of phenolic OH excluding ortho intramolecular Hbond substituents is 1. The number of hydrogen-bond acceptors (Lipinski definition) is 6. The second kappa shape index (κ2) is 9.59. The van der Waals surface area contributed by atoms with Crippen LogP contribution in [0.25, 0.3) is 55.8 Å². The van der Waals surface area contributed by atoms with E-state index < -0.39 is 5.82 Å². The minimum atomic E-state index is -0.524. The summed E-state index contributed by atoms with van der Waals surface area (Å²) in [6.07, 6.45) is 9.27. The van der Waals surface area contributed by atoms with Crippen molar-refractivity contribution in [1.29, 1.82) is 0 Å². The van der Waals surface area contributed by atoms with Crippen molar-refractivity contribution in [2.24, 2.45) is 0 Å². The largest absolute Gasteiger partial charge is 0.508 e. The van der Waals surface area contributed by atoms with Gasteiger partial charge in [0.05, 0.1) is 22.6 Å². The lowest BCUT2D eigenvalue weighted by Gasteiger charge is -2.26. The first-order valence-electron chi connectivity index (χ1n) is 13.1. The number of H-pyrrole nitrogens is 2. The number of aromatic nitrogens is 6. The lowest BCUT2D eigenvalue weighted by Crippen LogP contribution is -2.29. The number of aromatic amines is 2. The highest BCUT2D eigenvalue weighted by molar-refractivity contribution is 5.99. The molecule has 0 aliphatic carbocycles. The molecular formula is C30H26FN7O. The van der Waals surface area contributed by atoms with Gasteiger partial charge in [-0.2, -0.15) is 5.10 Å². The van der Waals surface area contributed by atoms with E-state index in [0.717, 1.165) is 64.6 Å². The molecule has 3 N–H and O–H groups in total. The summed E-state index contributed by atoms with van der Waals surface area (Å²) in [7, 11) is 0. The van der Waals surface area contributed by atoms with Crippen LogP contribution in [0.4, 0.5) is 4.39 Å². The number of rotatable bonds is 5. The number of pyridine rings is 3. The molecule has 1 saturated heterocycles. The number of aromatic hydroxyl groups is 1. The Morgan fingerprint density at radius 3 is 2.67 bits per heavy atom. The third kappa shape index (κ3) is 4.51. The molecule has 0 amide bonds. The van der Waals surface area contributed by atoms with Gasteiger partial charge >= 0.3 is 0 Å². The van der Waals surface area contributed by atoms with Crippen LogP contribution >= 0.6 is 0 Å². The fourth-order valence-electron chi connectivity index (χ4n) is 5.46. The van der Waals surface area contributed by atoms with Gasteiger partial charge in [-0.25, -0.2) is 9.37 Å². The first-order valence-corrected chi connectivity index (χ1v) is 13.1. The van der Waals surface area contributed by atoms with Crippen LogP contribution < -0.4 is 0 Å². The Morgan fingerprint density at radius 2 is 1.79 bits per heavy atom. The summed E-state index contributed by atoms with van der Waals surface area (Å²) in [6.45, 7) is 3.17. The van der Waals surface area contributed by atoms with Gasteiger partial charge in [0.15, 0.2) is 0 Å². The average molecular weight is 520 g/mol. The quantitative estimate of drug-likeness (QED) is 0.256. The lowest BCUT2D eigenvalue weighted by molar-refractivity contribution is 0.220. The predicted octanol–water partition coefficient (Wildman–Crippen LogP) is 6.06.